The number of phenolic OH excluding ortho intramolecular Hbond substituents is 1. The zero-order valence-corrected chi connectivity index (χ0v) is 12.1. The predicted molar refractivity (Wildman–Crippen MR) is 80.1 cm³/mol. The summed E-state index contributed by atoms with van der Waals surface area (Å²) in [4.78, 5) is 14.0. The van der Waals surface area contributed by atoms with Gasteiger partial charge < -0.3 is 10.0 Å². The fraction of sp³-hybridized carbons (Fsp3) is 0.188. The third-order valence-corrected chi connectivity index (χ3v) is 3.69. The second kappa shape index (κ2) is 5.97. The number of carbonyl (C=O) groups is 1. The Hall–Kier alpha value is -2.00. The van der Waals surface area contributed by atoms with Gasteiger partial charge in [0.1, 0.15) is 5.75 Å². The Balaban J connectivity index is 2.25. The number of halogens is 1. The molecule has 20 heavy (non-hydrogen) atoms. The van der Waals surface area contributed by atoms with E-state index in [1.807, 2.05) is 25.1 Å². The van der Waals surface area contributed by atoms with Gasteiger partial charge in [0.2, 0.25) is 0 Å². The predicted octanol–water partition coefficient (Wildman–Crippen LogP) is 3.88. The average Bonchev–Trinajstić information content (AvgIpc) is 2.45. The van der Waals surface area contributed by atoms with Crippen LogP contribution in [-0.2, 0) is 0 Å². The van der Waals surface area contributed by atoms with Crippen LogP contribution < -0.4 is 0 Å². The molecule has 0 aliphatic heterocycles. The van der Waals surface area contributed by atoms with Crippen LogP contribution in [0.5, 0.6) is 5.75 Å². The zero-order chi connectivity index (χ0) is 14.7. The Kier molecular flexibility index (Phi) is 4.30. The molecule has 0 radical (unpaired) electrons. The van der Waals surface area contributed by atoms with Crippen molar-refractivity contribution < 1.29 is 9.90 Å². The van der Waals surface area contributed by atoms with Crippen LogP contribution in [0.3, 0.4) is 0 Å². The van der Waals surface area contributed by atoms with Gasteiger partial charge in [-0.2, -0.15) is 0 Å². The zero-order valence-electron chi connectivity index (χ0n) is 11.4. The van der Waals surface area contributed by atoms with Crippen LogP contribution in [0, 0.1) is 0 Å². The largest absolute Gasteiger partial charge is 0.508 e. The lowest BCUT2D eigenvalue weighted by Gasteiger charge is -2.26. The third-order valence-electron chi connectivity index (χ3n) is 3.35. The molecule has 2 rings (SSSR count). The fourth-order valence-corrected chi connectivity index (χ4v) is 2.33. The molecule has 0 aliphatic carbocycles. The normalized spacial score (nSPS) is 11.9. The molecule has 0 aliphatic rings. The second-order valence-corrected chi connectivity index (χ2v) is 5.07. The molecule has 3 nitrogen and oxygen atoms in total. The van der Waals surface area contributed by atoms with E-state index in [0.717, 1.165) is 5.56 Å². The summed E-state index contributed by atoms with van der Waals surface area (Å²) in [5, 5.41) is 10.1. The second-order valence-electron chi connectivity index (χ2n) is 4.66. The van der Waals surface area contributed by atoms with Gasteiger partial charge in [-0.05, 0) is 36.8 Å². The molecule has 0 aromatic heterocycles. The molecule has 104 valence electrons. The van der Waals surface area contributed by atoms with E-state index in [1.54, 1.807) is 30.1 Å². The van der Waals surface area contributed by atoms with Crippen molar-refractivity contribution in [1.29, 1.82) is 0 Å². The van der Waals surface area contributed by atoms with E-state index in [-0.39, 0.29) is 17.7 Å². The molecular formula is C16H16ClNO2. The minimum atomic E-state index is -0.159. The van der Waals surface area contributed by atoms with E-state index in [2.05, 4.69) is 0 Å². The molecule has 0 bridgehead atoms. The molecule has 0 saturated heterocycles. The summed E-state index contributed by atoms with van der Waals surface area (Å²) in [6.07, 6.45) is 0. The van der Waals surface area contributed by atoms with Crippen molar-refractivity contribution in [2.75, 3.05) is 7.05 Å². The van der Waals surface area contributed by atoms with E-state index in [9.17, 15) is 9.90 Å². The lowest BCUT2D eigenvalue weighted by Crippen LogP contribution is -2.29. The quantitative estimate of drug-likeness (QED) is 0.931. The lowest BCUT2D eigenvalue weighted by atomic mass is 10.1. The van der Waals surface area contributed by atoms with Gasteiger partial charge in [-0.3, -0.25) is 4.79 Å². The molecule has 2 aromatic rings. The van der Waals surface area contributed by atoms with Crippen molar-refractivity contribution in [3.63, 3.8) is 0 Å². The van der Waals surface area contributed by atoms with Gasteiger partial charge in [0, 0.05) is 17.6 Å². The number of amides is 1. The highest BCUT2D eigenvalue weighted by Gasteiger charge is 2.20. The van der Waals surface area contributed by atoms with E-state index < -0.39 is 0 Å². The first-order valence-corrected chi connectivity index (χ1v) is 6.69. The highest BCUT2D eigenvalue weighted by Crippen LogP contribution is 2.27. The number of aromatic hydroxyl groups is 1. The van der Waals surface area contributed by atoms with E-state index in [0.29, 0.717) is 10.6 Å². The average molecular weight is 290 g/mol. The highest BCUT2D eigenvalue weighted by atomic mass is 35.5. The Morgan fingerprint density at radius 3 is 2.55 bits per heavy atom. The van der Waals surface area contributed by atoms with Gasteiger partial charge in [0.25, 0.3) is 5.91 Å². The van der Waals surface area contributed by atoms with E-state index in [4.69, 9.17) is 11.6 Å². The first-order valence-electron chi connectivity index (χ1n) is 6.31. The van der Waals surface area contributed by atoms with Crippen molar-refractivity contribution in [3.8, 4) is 5.75 Å². The Morgan fingerprint density at radius 2 is 1.90 bits per heavy atom. The summed E-state index contributed by atoms with van der Waals surface area (Å²) < 4.78 is 0. The number of phenols is 1. The minimum absolute atomic E-state index is 0.0784. The van der Waals surface area contributed by atoms with Crippen LogP contribution in [0.2, 0.25) is 5.02 Å². The topological polar surface area (TPSA) is 40.5 Å². The summed E-state index contributed by atoms with van der Waals surface area (Å²) in [6.45, 7) is 1.92. The lowest BCUT2D eigenvalue weighted by molar-refractivity contribution is 0.0742. The molecule has 0 heterocycles. The maximum atomic E-state index is 12.4. The van der Waals surface area contributed by atoms with E-state index in [1.165, 1.54) is 12.1 Å². The SMILES string of the molecule is CC(c1ccccc1Cl)N(C)C(=O)c1cccc(O)c1. The van der Waals surface area contributed by atoms with Crippen molar-refractivity contribution >= 4 is 17.5 Å². The Morgan fingerprint density at radius 1 is 1.20 bits per heavy atom. The Bertz CT molecular complexity index is 627. The number of nitrogens with zero attached hydrogens (tertiary/aromatic N) is 1. The molecule has 0 fully saturated rings. The van der Waals surface area contributed by atoms with Crippen LogP contribution in [0.25, 0.3) is 0 Å². The Labute approximate surface area is 123 Å². The van der Waals surface area contributed by atoms with Gasteiger partial charge in [-0.25, -0.2) is 0 Å². The maximum absolute atomic E-state index is 12.4. The maximum Gasteiger partial charge on any atom is 0.254 e. The van der Waals surface area contributed by atoms with Gasteiger partial charge >= 0.3 is 0 Å². The summed E-state index contributed by atoms with van der Waals surface area (Å²) in [7, 11) is 1.72. The first kappa shape index (κ1) is 14.4. The monoisotopic (exact) mass is 289 g/mol. The van der Waals surface area contributed by atoms with Gasteiger partial charge in [0.05, 0.1) is 6.04 Å². The van der Waals surface area contributed by atoms with Crippen LogP contribution >= 0.6 is 11.6 Å². The molecule has 1 atom stereocenters. The standard InChI is InChI=1S/C16H16ClNO2/c1-11(14-8-3-4-9-15(14)17)18(2)16(20)12-6-5-7-13(19)10-12/h3-11,19H,1-2H3. The number of benzene rings is 2. The minimum Gasteiger partial charge on any atom is -0.508 e. The van der Waals surface area contributed by atoms with Gasteiger partial charge in [-0.1, -0.05) is 35.9 Å². The number of carbonyl (C=O) groups excluding carboxylic acids is 1. The van der Waals surface area contributed by atoms with Crippen LogP contribution in [0.1, 0.15) is 28.9 Å². The van der Waals surface area contributed by atoms with Crippen molar-refractivity contribution in [2.24, 2.45) is 0 Å². The number of hydrogen-bond acceptors (Lipinski definition) is 2. The van der Waals surface area contributed by atoms with E-state index >= 15 is 0 Å². The molecule has 4 heteroatoms. The van der Waals surface area contributed by atoms with Crippen molar-refractivity contribution in [3.05, 3.63) is 64.7 Å². The molecule has 1 unspecified atom stereocenters. The molecule has 0 saturated carbocycles. The summed E-state index contributed by atoms with van der Waals surface area (Å²) in [5.74, 6) is -0.0806. The first-order chi connectivity index (χ1) is 9.50. The van der Waals surface area contributed by atoms with Crippen LogP contribution in [-0.4, -0.2) is 23.0 Å². The molecule has 1 N–H and O–H groups in total. The molecule has 1 amide bonds. The van der Waals surface area contributed by atoms with Crippen molar-refractivity contribution in [1.82, 2.24) is 4.90 Å². The number of hydrogen-bond donors (Lipinski definition) is 1. The highest BCUT2D eigenvalue weighted by molar-refractivity contribution is 6.31. The number of rotatable bonds is 3. The van der Waals surface area contributed by atoms with Crippen molar-refractivity contribution in [2.45, 2.75) is 13.0 Å². The molecular weight excluding hydrogens is 274 g/mol. The summed E-state index contributed by atoms with van der Waals surface area (Å²) in [6, 6.07) is 13.6. The van der Waals surface area contributed by atoms with Crippen LogP contribution in [0.15, 0.2) is 48.5 Å². The molecule has 2 aromatic carbocycles. The third kappa shape index (κ3) is 2.94. The summed E-state index contributed by atoms with van der Waals surface area (Å²) in [5.41, 5.74) is 1.34. The summed E-state index contributed by atoms with van der Waals surface area (Å²) >= 11 is 6.16. The van der Waals surface area contributed by atoms with Gasteiger partial charge in [-0.15, -0.1) is 0 Å². The van der Waals surface area contributed by atoms with Gasteiger partial charge in [0.15, 0.2) is 0 Å². The van der Waals surface area contributed by atoms with Crippen LogP contribution in [0.4, 0.5) is 0 Å². The molecule has 0 spiro atoms. The smallest absolute Gasteiger partial charge is 0.254 e. The fourth-order valence-electron chi connectivity index (χ4n) is 2.04.